The topological polar surface area (TPSA) is 47.6 Å². The van der Waals surface area contributed by atoms with Gasteiger partial charge in [0, 0.05) is 12.3 Å². The van der Waals surface area contributed by atoms with E-state index in [1.165, 1.54) is 0 Å². The average molecular weight is 326 g/mol. The van der Waals surface area contributed by atoms with Crippen LogP contribution in [0.15, 0.2) is 18.2 Å². The third-order valence-corrected chi connectivity index (χ3v) is 4.50. The fraction of sp³-hybridized carbons (Fsp3) is 0.588. The van der Waals surface area contributed by atoms with Crippen molar-refractivity contribution in [3.05, 3.63) is 23.2 Å². The van der Waals surface area contributed by atoms with Crippen molar-refractivity contribution in [3.63, 3.8) is 0 Å². The highest BCUT2D eigenvalue weighted by Gasteiger charge is 2.42. The van der Waals surface area contributed by atoms with Gasteiger partial charge in [0.15, 0.2) is 0 Å². The second-order valence-corrected chi connectivity index (χ2v) is 6.34. The van der Waals surface area contributed by atoms with Crippen LogP contribution >= 0.6 is 11.6 Å². The van der Waals surface area contributed by atoms with Crippen LogP contribution in [0.2, 0.25) is 5.02 Å². The maximum Gasteiger partial charge on any atom is 0.256 e. The maximum atomic E-state index is 12.8. The number of hydrogen-bond donors (Lipinski definition) is 1. The number of carbonyl (C=O) groups is 1. The lowest BCUT2D eigenvalue weighted by Crippen LogP contribution is -2.48. The summed E-state index contributed by atoms with van der Waals surface area (Å²) < 4.78 is 11.0. The number of nitrogens with one attached hydrogen (secondary N) is 1. The van der Waals surface area contributed by atoms with Crippen molar-refractivity contribution in [3.8, 4) is 5.75 Å². The predicted molar refractivity (Wildman–Crippen MR) is 88.6 cm³/mol. The molecule has 2 atom stereocenters. The zero-order valence-corrected chi connectivity index (χ0v) is 14.2. The number of benzene rings is 1. The molecule has 1 aliphatic rings. The smallest absolute Gasteiger partial charge is 0.256 e. The molecule has 122 valence electrons. The highest BCUT2D eigenvalue weighted by atomic mass is 35.5. The van der Waals surface area contributed by atoms with Gasteiger partial charge in [-0.25, -0.2) is 0 Å². The molecule has 1 N–H and O–H groups in total. The molecule has 1 saturated carbocycles. The minimum absolute atomic E-state index is 0.0814. The first-order valence-electron chi connectivity index (χ1n) is 7.79. The zero-order valence-electron chi connectivity index (χ0n) is 13.4. The lowest BCUT2D eigenvalue weighted by Gasteiger charge is -2.38. The van der Waals surface area contributed by atoms with E-state index in [4.69, 9.17) is 21.1 Å². The highest BCUT2D eigenvalue weighted by molar-refractivity contribution is 6.32. The van der Waals surface area contributed by atoms with Crippen LogP contribution in [0, 0.1) is 5.92 Å². The monoisotopic (exact) mass is 325 g/mol. The van der Waals surface area contributed by atoms with E-state index >= 15 is 0 Å². The average Bonchev–Trinajstić information content (AvgIpc) is 2.47. The van der Waals surface area contributed by atoms with Crippen LogP contribution in [0.3, 0.4) is 0 Å². The fourth-order valence-corrected chi connectivity index (χ4v) is 3.43. The minimum atomic E-state index is -0.723. The summed E-state index contributed by atoms with van der Waals surface area (Å²) in [4.78, 5) is 12.8. The second kappa shape index (κ2) is 7.34. The second-order valence-electron chi connectivity index (χ2n) is 5.93. The third kappa shape index (κ3) is 3.73. The summed E-state index contributed by atoms with van der Waals surface area (Å²) in [5.74, 6) is 0.998. The number of halogens is 1. The first-order valence-corrected chi connectivity index (χ1v) is 8.17. The molecular formula is C17H24ClNO3. The molecule has 0 aliphatic heterocycles. The summed E-state index contributed by atoms with van der Waals surface area (Å²) >= 11 is 6.11. The summed E-state index contributed by atoms with van der Waals surface area (Å²) in [5, 5.41) is 3.42. The van der Waals surface area contributed by atoms with E-state index in [-0.39, 0.29) is 5.91 Å². The third-order valence-electron chi connectivity index (χ3n) is 4.20. The van der Waals surface area contributed by atoms with Crippen molar-refractivity contribution in [2.24, 2.45) is 5.92 Å². The van der Waals surface area contributed by atoms with Crippen LogP contribution in [0.1, 0.15) is 39.5 Å². The Labute approximate surface area is 137 Å². The van der Waals surface area contributed by atoms with E-state index in [1.54, 1.807) is 25.3 Å². The molecule has 1 amide bonds. The first kappa shape index (κ1) is 17.1. The molecule has 1 aromatic carbocycles. The molecule has 22 heavy (non-hydrogen) atoms. The molecule has 1 fully saturated rings. The highest BCUT2D eigenvalue weighted by Crippen LogP contribution is 2.36. The van der Waals surface area contributed by atoms with Crippen LogP contribution in [-0.4, -0.2) is 25.2 Å². The van der Waals surface area contributed by atoms with E-state index in [9.17, 15) is 4.79 Å². The van der Waals surface area contributed by atoms with Gasteiger partial charge in [-0.3, -0.25) is 4.79 Å². The SMILES string of the molecule is CCO[C@]1(C(=O)Nc2ccc(OC)c(Cl)c2)CCC[C@H](C)C1. The quantitative estimate of drug-likeness (QED) is 0.879. The van der Waals surface area contributed by atoms with Crippen LogP contribution in [0.4, 0.5) is 5.69 Å². The Bertz CT molecular complexity index is 531. The van der Waals surface area contributed by atoms with Gasteiger partial charge in [-0.05, 0) is 50.3 Å². The van der Waals surface area contributed by atoms with Crippen molar-refractivity contribution >= 4 is 23.2 Å². The van der Waals surface area contributed by atoms with E-state index in [2.05, 4.69) is 12.2 Å². The first-order chi connectivity index (χ1) is 10.5. The number of ether oxygens (including phenoxy) is 2. The van der Waals surface area contributed by atoms with Gasteiger partial charge in [-0.1, -0.05) is 24.9 Å². The van der Waals surface area contributed by atoms with Gasteiger partial charge >= 0.3 is 0 Å². The Morgan fingerprint density at radius 3 is 2.86 bits per heavy atom. The summed E-state index contributed by atoms with van der Waals surface area (Å²) in [6.45, 7) is 4.63. The largest absolute Gasteiger partial charge is 0.495 e. The van der Waals surface area contributed by atoms with Gasteiger partial charge < -0.3 is 14.8 Å². The number of methoxy groups -OCH3 is 1. The summed E-state index contributed by atoms with van der Waals surface area (Å²) in [5.41, 5.74) is -0.0631. The predicted octanol–water partition coefficient (Wildman–Crippen LogP) is 4.27. The van der Waals surface area contributed by atoms with Crippen LogP contribution in [0.5, 0.6) is 5.75 Å². The van der Waals surface area contributed by atoms with Gasteiger partial charge in [0.25, 0.3) is 5.91 Å². The van der Waals surface area contributed by atoms with Crippen molar-refractivity contribution in [1.29, 1.82) is 0 Å². The van der Waals surface area contributed by atoms with E-state index < -0.39 is 5.60 Å². The fourth-order valence-electron chi connectivity index (χ4n) is 3.17. The summed E-state index contributed by atoms with van der Waals surface area (Å²) in [6, 6.07) is 5.23. The summed E-state index contributed by atoms with van der Waals surface area (Å²) in [6.07, 6.45) is 3.69. The molecule has 1 aromatic rings. The molecule has 0 heterocycles. The Morgan fingerprint density at radius 2 is 2.27 bits per heavy atom. The molecule has 0 bridgehead atoms. The molecule has 4 nitrogen and oxygen atoms in total. The van der Waals surface area contributed by atoms with Crippen molar-refractivity contribution in [2.45, 2.75) is 45.1 Å². The van der Waals surface area contributed by atoms with Gasteiger partial charge in [0.05, 0.1) is 12.1 Å². The van der Waals surface area contributed by atoms with E-state index in [0.717, 1.165) is 25.7 Å². The summed E-state index contributed by atoms with van der Waals surface area (Å²) in [7, 11) is 1.56. The van der Waals surface area contributed by atoms with Crippen molar-refractivity contribution < 1.29 is 14.3 Å². The molecule has 1 aliphatic carbocycles. The number of hydrogen-bond acceptors (Lipinski definition) is 3. The molecule has 0 saturated heterocycles. The standard InChI is InChI=1S/C17H24ClNO3/c1-4-22-17(9-5-6-12(2)11-17)16(20)19-13-7-8-15(21-3)14(18)10-13/h7-8,10,12H,4-6,9,11H2,1-3H3,(H,19,20)/t12-,17+/m0/s1. The Kier molecular flexibility index (Phi) is 5.70. The van der Waals surface area contributed by atoms with Gasteiger partial charge in [-0.15, -0.1) is 0 Å². The lowest BCUT2D eigenvalue weighted by atomic mass is 9.78. The van der Waals surface area contributed by atoms with Crippen molar-refractivity contribution in [2.75, 3.05) is 19.0 Å². The maximum absolute atomic E-state index is 12.8. The normalized spacial score (nSPS) is 24.8. The van der Waals surface area contributed by atoms with Crippen LogP contribution in [-0.2, 0) is 9.53 Å². The number of rotatable bonds is 5. The Balaban J connectivity index is 2.16. The molecule has 0 unspecified atom stereocenters. The van der Waals surface area contributed by atoms with Crippen molar-refractivity contribution in [1.82, 2.24) is 0 Å². The molecule has 0 radical (unpaired) electrons. The van der Waals surface area contributed by atoms with E-state index in [0.29, 0.717) is 29.0 Å². The molecular weight excluding hydrogens is 302 g/mol. The molecule has 0 spiro atoms. The van der Waals surface area contributed by atoms with Crippen LogP contribution in [0.25, 0.3) is 0 Å². The Hall–Kier alpha value is -1.26. The van der Waals surface area contributed by atoms with Gasteiger partial charge in [0.1, 0.15) is 11.4 Å². The van der Waals surface area contributed by atoms with Crippen LogP contribution < -0.4 is 10.1 Å². The molecule has 2 rings (SSSR count). The minimum Gasteiger partial charge on any atom is -0.495 e. The Morgan fingerprint density at radius 1 is 1.50 bits per heavy atom. The number of anilines is 1. The lowest BCUT2D eigenvalue weighted by molar-refractivity contribution is -0.147. The number of amides is 1. The zero-order chi connectivity index (χ0) is 16.2. The van der Waals surface area contributed by atoms with Gasteiger partial charge in [0.2, 0.25) is 0 Å². The van der Waals surface area contributed by atoms with E-state index in [1.807, 2.05) is 6.92 Å². The number of carbonyl (C=O) groups excluding carboxylic acids is 1. The molecule has 0 aromatic heterocycles. The molecule has 5 heteroatoms. The van der Waals surface area contributed by atoms with Gasteiger partial charge in [-0.2, -0.15) is 0 Å².